The lowest BCUT2D eigenvalue weighted by atomic mass is 10.1. The molecular weight excluding hydrogens is 281 g/mol. The second kappa shape index (κ2) is 5.90. The third kappa shape index (κ3) is 4.29. The van der Waals surface area contributed by atoms with Gasteiger partial charge in [0.1, 0.15) is 5.82 Å². The van der Waals surface area contributed by atoms with Gasteiger partial charge >= 0.3 is 6.18 Å². The van der Waals surface area contributed by atoms with E-state index < -0.39 is 24.4 Å². The molecule has 0 radical (unpaired) electrons. The zero-order chi connectivity index (χ0) is 14.8. The summed E-state index contributed by atoms with van der Waals surface area (Å²) < 4.78 is 62.6. The maximum absolute atomic E-state index is 13.3. The van der Waals surface area contributed by atoms with Crippen LogP contribution >= 0.6 is 0 Å². The fourth-order valence-electron chi connectivity index (χ4n) is 2.26. The molecule has 1 atom stereocenters. The maximum atomic E-state index is 13.3. The molecule has 2 rings (SSSR count). The van der Waals surface area contributed by atoms with Crippen LogP contribution in [-0.2, 0) is 0 Å². The Bertz CT molecular complexity index is 463. The summed E-state index contributed by atoms with van der Waals surface area (Å²) in [4.78, 5) is 4.88. The van der Waals surface area contributed by atoms with Crippen LogP contribution < -0.4 is 5.32 Å². The van der Waals surface area contributed by atoms with Gasteiger partial charge in [-0.3, -0.25) is 4.90 Å². The Morgan fingerprint density at radius 3 is 2.75 bits per heavy atom. The third-order valence-electron chi connectivity index (χ3n) is 3.14. The number of nitrogens with zero attached hydrogens (tertiary/aromatic N) is 2. The Balaban J connectivity index is 1.81. The van der Waals surface area contributed by atoms with E-state index in [1.54, 1.807) is 0 Å². The van der Waals surface area contributed by atoms with Gasteiger partial charge in [-0.15, -0.1) is 0 Å². The van der Waals surface area contributed by atoms with Crippen LogP contribution in [0, 0.1) is 17.6 Å². The van der Waals surface area contributed by atoms with E-state index in [-0.39, 0.29) is 11.7 Å². The minimum atomic E-state index is -4.20. The SMILES string of the molecule is Fc1cnc(NCC2CCN(CC(F)(F)F)C2)c(F)c1. The molecule has 0 amide bonds. The molecule has 8 heteroatoms. The smallest absolute Gasteiger partial charge is 0.367 e. The monoisotopic (exact) mass is 295 g/mol. The van der Waals surface area contributed by atoms with Crippen molar-refractivity contribution in [2.75, 3.05) is 31.5 Å². The van der Waals surface area contributed by atoms with Crippen LogP contribution in [0.4, 0.5) is 27.8 Å². The number of halogens is 5. The fourth-order valence-corrected chi connectivity index (χ4v) is 2.26. The van der Waals surface area contributed by atoms with Crippen molar-refractivity contribution in [1.29, 1.82) is 0 Å². The van der Waals surface area contributed by atoms with Crippen molar-refractivity contribution in [3.63, 3.8) is 0 Å². The number of anilines is 1. The molecule has 0 bridgehead atoms. The van der Waals surface area contributed by atoms with E-state index in [4.69, 9.17) is 0 Å². The summed E-state index contributed by atoms with van der Waals surface area (Å²) in [6, 6.07) is 0.708. The van der Waals surface area contributed by atoms with Crippen LogP contribution in [0.3, 0.4) is 0 Å². The molecular formula is C12H14F5N3. The summed E-state index contributed by atoms with van der Waals surface area (Å²) in [5, 5.41) is 2.70. The fraction of sp³-hybridized carbons (Fsp3) is 0.583. The Morgan fingerprint density at radius 1 is 1.35 bits per heavy atom. The highest BCUT2D eigenvalue weighted by atomic mass is 19.4. The summed E-state index contributed by atoms with van der Waals surface area (Å²) in [6.07, 6.45) is -2.71. The highest BCUT2D eigenvalue weighted by molar-refractivity contribution is 5.35. The molecule has 0 aromatic carbocycles. The Morgan fingerprint density at radius 2 is 2.10 bits per heavy atom. The number of nitrogens with one attached hydrogen (secondary N) is 1. The zero-order valence-corrected chi connectivity index (χ0v) is 10.6. The first-order chi connectivity index (χ1) is 9.33. The topological polar surface area (TPSA) is 28.2 Å². The molecule has 0 aliphatic carbocycles. The molecule has 1 aliphatic rings. The largest absolute Gasteiger partial charge is 0.401 e. The molecule has 2 heterocycles. The summed E-state index contributed by atoms with van der Waals surface area (Å²) in [7, 11) is 0. The molecule has 1 unspecified atom stereocenters. The second-order valence-corrected chi connectivity index (χ2v) is 4.87. The Hall–Kier alpha value is -1.44. The highest BCUT2D eigenvalue weighted by Crippen LogP contribution is 2.23. The summed E-state index contributed by atoms with van der Waals surface area (Å²) >= 11 is 0. The average Bonchev–Trinajstić information content (AvgIpc) is 2.73. The van der Waals surface area contributed by atoms with E-state index in [1.807, 2.05) is 0 Å². The van der Waals surface area contributed by atoms with E-state index >= 15 is 0 Å². The van der Waals surface area contributed by atoms with Crippen molar-refractivity contribution >= 4 is 5.82 Å². The summed E-state index contributed by atoms with van der Waals surface area (Å²) in [5.41, 5.74) is 0. The molecule has 0 spiro atoms. The van der Waals surface area contributed by atoms with Crippen LogP contribution in [0.2, 0.25) is 0 Å². The Labute approximate surface area is 112 Å². The maximum Gasteiger partial charge on any atom is 0.401 e. The van der Waals surface area contributed by atoms with E-state index in [9.17, 15) is 22.0 Å². The summed E-state index contributed by atoms with van der Waals surface area (Å²) in [5.74, 6) is -1.68. The van der Waals surface area contributed by atoms with Crippen molar-refractivity contribution < 1.29 is 22.0 Å². The van der Waals surface area contributed by atoms with Gasteiger partial charge in [0.15, 0.2) is 11.6 Å². The van der Waals surface area contributed by atoms with Crippen LogP contribution in [0.1, 0.15) is 6.42 Å². The second-order valence-electron chi connectivity index (χ2n) is 4.87. The molecule has 3 nitrogen and oxygen atoms in total. The standard InChI is InChI=1S/C12H14F5N3/c13-9-3-10(14)11(19-5-9)18-4-8-1-2-20(6-8)7-12(15,16)17/h3,5,8H,1-2,4,6-7H2,(H,18,19). The first kappa shape index (κ1) is 15.0. The van der Waals surface area contributed by atoms with Crippen molar-refractivity contribution in [2.24, 2.45) is 5.92 Å². The van der Waals surface area contributed by atoms with Crippen molar-refractivity contribution in [2.45, 2.75) is 12.6 Å². The van der Waals surface area contributed by atoms with Crippen molar-refractivity contribution in [1.82, 2.24) is 9.88 Å². The van der Waals surface area contributed by atoms with Gasteiger partial charge in [-0.1, -0.05) is 0 Å². The number of hydrogen-bond donors (Lipinski definition) is 1. The predicted octanol–water partition coefficient (Wildman–Crippen LogP) is 2.66. The molecule has 1 N–H and O–H groups in total. The zero-order valence-electron chi connectivity index (χ0n) is 10.6. The van der Waals surface area contributed by atoms with Gasteiger partial charge in [0.25, 0.3) is 0 Å². The first-order valence-electron chi connectivity index (χ1n) is 6.17. The van der Waals surface area contributed by atoms with E-state index in [1.165, 1.54) is 4.90 Å². The van der Waals surface area contributed by atoms with E-state index in [2.05, 4.69) is 10.3 Å². The third-order valence-corrected chi connectivity index (χ3v) is 3.14. The molecule has 1 aromatic rings. The lowest BCUT2D eigenvalue weighted by Gasteiger charge is -2.18. The quantitative estimate of drug-likeness (QED) is 0.866. The van der Waals surface area contributed by atoms with Gasteiger partial charge in [0.05, 0.1) is 12.7 Å². The predicted molar refractivity (Wildman–Crippen MR) is 63.2 cm³/mol. The first-order valence-corrected chi connectivity index (χ1v) is 6.17. The minimum absolute atomic E-state index is 0.0106. The van der Waals surface area contributed by atoms with Gasteiger partial charge < -0.3 is 5.32 Å². The van der Waals surface area contributed by atoms with Gasteiger partial charge in [-0.25, -0.2) is 13.8 Å². The lowest BCUT2D eigenvalue weighted by molar-refractivity contribution is -0.143. The number of pyridine rings is 1. The van der Waals surface area contributed by atoms with Gasteiger partial charge in [0.2, 0.25) is 0 Å². The number of hydrogen-bond acceptors (Lipinski definition) is 3. The molecule has 1 fully saturated rings. The van der Waals surface area contributed by atoms with E-state index in [0.29, 0.717) is 32.1 Å². The number of alkyl halides is 3. The lowest BCUT2D eigenvalue weighted by Crippen LogP contribution is -2.33. The molecule has 1 aromatic heterocycles. The highest BCUT2D eigenvalue weighted by Gasteiger charge is 2.34. The molecule has 1 aliphatic heterocycles. The van der Waals surface area contributed by atoms with Gasteiger partial charge in [-0.05, 0) is 18.9 Å². The number of aromatic nitrogens is 1. The number of likely N-dealkylation sites (tertiary alicyclic amines) is 1. The normalized spacial score (nSPS) is 20.4. The number of rotatable bonds is 4. The van der Waals surface area contributed by atoms with Crippen molar-refractivity contribution in [3.8, 4) is 0 Å². The van der Waals surface area contributed by atoms with Gasteiger partial charge in [0, 0.05) is 19.2 Å². The molecule has 112 valence electrons. The van der Waals surface area contributed by atoms with Crippen LogP contribution in [-0.4, -0.2) is 42.2 Å². The van der Waals surface area contributed by atoms with E-state index in [0.717, 1.165) is 6.20 Å². The molecule has 0 saturated carbocycles. The molecule has 20 heavy (non-hydrogen) atoms. The van der Waals surface area contributed by atoms with Gasteiger partial charge in [-0.2, -0.15) is 13.2 Å². The molecule has 1 saturated heterocycles. The minimum Gasteiger partial charge on any atom is -0.367 e. The average molecular weight is 295 g/mol. The summed E-state index contributed by atoms with van der Waals surface area (Å²) in [6.45, 7) is 0.0527. The van der Waals surface area contributed by atoms with Crippen LogP contribution in [0.25, 0.3) is 0 Å². The Kier molecular flexibility index (Phi) is 4.42. The van der Waals surface area contributed by atoms with Crippen LogP contribution in [0.5, 0.6) is 0 Å². The van der Waals surface area contributed by atoms with Crippen LogP contribution in [0.15, 0.2) is 12.3 Å². The van der Waals surface area contributed by atoms with Crippen molar-refractivity contribution in [3.05, 3.63) is 23.9 Å².